The quantitative estimate of drug-likeness (QED) is 0.628. The second kappa shape index (κ2) is 7.92. The van der Waals surface area contributed by atoms with Crippen LogP contribution < -0.4 is 10.6 Å². The Bertz CT molecular complexity index is 349. The number of carbonyl (C=O) groups excluding carboxylic acids is 1. The lowest BCUT2D eigenvalue weighted by molar-refractivity contribution is -0.140. The van der Waals surface area contributed by atoms with E-state index in [0.29, 0.717) is 13.0 Å². The Hall–Kier alpha value is -1.52. The van der Waals surface area contributed by atoms with E-state index in [9.17, 15) is 9.59 Å². The molecule has 0 saturated heterocycles. The van der Waals surface area contributed by atoms with Crippen molar-refractivity contribution in [2.45, 2.75) is 57.9 Å². The summed E-state index contributed by atoms with van der Waals surface area (Å²) in [6, 6.07) is -0.191. The van der Waals surface area contributed by atoms with Gasteiger partial charge in [-0.1, -0.05) is 25.3 Å². The van der Waals surface area contributed by atoms with Crippen molar-refractivity contribution in [2.24, 2.45) is 5.41 Å². The Labute approximate surface area is 120 Å². The third-order valence-corrected chi connectivity index (χ3v) is 3.96. The van der Waals surface area contributed by atoms with Crippen LogP contribution in [0.1, 0.15) is 51.9 Å². The zero-order chi connectivity index (χ0) is 15.0. The van der Waals surface area contributed by atoms with Crippen molar-refractivity contribution in [2.75, 3.05) is 6.54 Å². The van der Waals surface area contributed by atoms with Crippen molar-refractivity contribution in [3.63, 3.8) is 0 Å². The summed E-state index contributed by atoms with van der Waals surface area (Å²) in [5.74, 6) is -0.783. The standard InChI is InChI=1S/C15H26N2O3/c1-3-7-12(2)17-14(20)16-11-15(10-13(18)19)8-5-4-6-9-15/h3,12H,1,4-11H2,2H3,(H,18,19)(H2,16,17,20). The summed E-state index contributed by atoms with van der Waals surface area (Å²) in [6.45, 7) is 5.98. The monoisotopic (exact) mass is 282 g/mol. The molecule has 1 unspecified atom stereocenters. The first-order valence-corrected chi connectivity index (χ1v) is 7.34. The molecule has 2 amide bonds. The molecule has 1 saturated carbocycles. The third kappa shape index (κ3) is 5.63. The molecule has 1 rings (SSSR count). The van der Waals surface area contributed by atoms with Crippen molar-refractivity contribution in [1.82, 2.24) is 10.6 Å². The first-order valence-electron chi connectivity index (χ1n) is 7.34. The van der Waals surface area contributed by atoms with Gasteiger partial charge in [-0.05, 0) is 31.6 Å². The van der Waals surface area contributed by atoms with Gasteiger partial charge in [-0.2, -0.15) is 0 Å². The number of amides is 2. The van der Waals surface area contributed by atoms with Crippen LogP contribution in [0.5, 0.6) is 0 Å². The molecule has 0 aromatic heterocycles. The average molecular weight is 282 g/mol. The summed E-state index contributed by atoms with van der Waals surface area (Å²) >= 11 is 0. The van der Waals surface area contributed by atoms with Crippen LogP contribution in [0.15, 0.2) is 12.7 Å². The van der Waals surface area contributed by atoms with Gasteiger partial charge in [-0.15, -0.1) is 6.58 Å². The predicted octanol–water partition coefficient (Wildman–Crippen LogP) is 2.68. The molecule has 1 aliphatic carbocycles. The topological polar surface area (TPSA) is 78.4 Å². The van der Waals surface area contributed by atoms with Crippen LogP contribution in [0.25, 0.3) is 0 Å². The van der Waals surface area contributed by atoms with Gasteiger partial charge in [0.2, 0.25) is 0 Å². The number of carbonyl (C=O) groups is 2. The molecule has 1 atom stereocenters. The van der Waals surface area contributed by atoms with E-state index in [2.05, 4.69) is 17.2 Å². The smallest absolute Gasteiger partial charge is 0.315 e. The number of urea groups is 1. The molecule has 20 heavy (non-hydrogen) atoms. The van der Waals surface area contributed by atoms with Crippen LogP contribution in [-0.2, 0) is 4.79 Å². The molecule has 0 aliphatic heterocycles. The predicted molar refractivity (Wildman–Crippen MR) is 78.6 cm³/mol. The van der Waals surface area contributed by atoms with Gasteiger partial charge in [-0.25, -0.2) is 4.79 Å². The SMILES string of the molecule is C=CCC(C)NC(=O)NCC1(CC(=O)O)CCCCC1. The molecule has 0 aromatic rings. The fourth-order valence-electron chi connectivity index (χ4n) is 2.89. The van der Waals surface area contributed by atoms with Crippen molar-refractivity contribution in [3.8, 4) is 0 Å². The van der Waals surface area contributed by atoms with Crippen LogP contribution in [0.2, 0.25) is 0 Å². The van der Waals surface area contributed by atoms with Gasteiger partial charge in [0, 0.05) is 12.6 Å². The third-order valence-electron chi connectivity index (χ3n) is 3.96. The summed E-state index contributed by atoms with van der Waals surface area (Å²) in [5, 5.41) is 14.7. The lowest BCUT2D eigenvalue weighted by Gasteiger charge is -2.36. The minimum Gasteiger partial charge on any atom is -0.481 e. The fraction of sp³-hybridized carbons (Fsp3) is 0.733. The summed E-state index contributed by atoms with van der Waals surface area (Å²) in [7, 11) is 0. The molecular formula is C15H26N2O3. The Kier molecular flexibility index (Phi) is 6.55. The van der Waals surface area contributed by atoms with E-state index in [1.54, 1.807) is 6.08 Å². The zero-order valence-corrected chi connectivity index (χ0v) is 12.3. The number of nitrogens with one attached hydrogen (secondary N) is 2. The summed E-state index contributed by atoms with van der Waals surface area (Å²) in [4.78, 5) is 22.8. The van der Waals surface area contributed by atoms with Crippen LogP contribution >= 0.6 is 0 Å². The molecule has 1 fully saturated rings. The number of hydrogen-bond acceptors (Lipinski definition) is 2. The van der Waals surface area contributed by atoms with E-state index in [-0.39, 0.29) is 23.9 Å². The van der Waals surface area contributed by atoms with E-state index in [1.165, 1.54) is 0 Å². The first-order chi connectivity index (χ1) is 9.47. The maximum absolute atomic E-state index is 11.8. The Morgan fingerprint density at radius 3 is 2.55 bits per heavy atom. The molecule has 0 spiro atoms. The van der Waals surface area contributed by atoms with Gasteiger partial charge in [0.15, 0.2) is 0 Å². The van der Waals surface area contributed by atoms with Crippen molar-refractivity contribution in [3.05, 3.63) is 12.7 Å². The molecule has 0 heterocycles. The van der Waals surface area contributed by atoms with E-state index in [1.807, 2.05) is 6.92 Å². The summed E-state index contributed by atoms with van der Waals surface area (Å²) < 4.78 is 0. The highest BCUT2D eigenvalue weighted by atomic mass is 16.4. The number of rotatable bonds is 7. The zero-order valence-electron chi connectivity index (χ0n) is 12.3. The van der Waals surface area contributed by atoms with Crippen LogP contribution in [0.4, 0.5) is 4.79 Å². The highest BCUT2D eigenvalue weighted by Crippen LogP contribution is 2.38. The van der Waals surface area contributed by atoms with Gasteiger partial charge in [-0.3, -0.25) is 4.79 Å². The van der Waals surface area contributed by atoms with Gasteiger partial charge in [0.05, 0.1) is 6.42 Å². The number of aliphatic carboxylic acids is 1. The number of carboxylic acids is 1. The van der Waals surface area contributed by atoms with Crippen LogP contribution in [0.3, 0.4) is 0 Å². The molecule has 1 aliphatic rings. The summed E-state index contributed by atoms with van der Waals surface area (Å²) in [5.41, 5.74) is -0.275. The van der Waals surface area contributed by atoms with E-state index < -0.39 is 5.97 Å². The van der Waals surface area contributed by atoms with Crippen LogP contribution in [0, 0.1) is 5.41 Å². The molecule has 5 nitrogen and oxygen atoms in total. The van der Waals surface area contributed by atoms with Gasteiger partial charge in [0.25, 0.3) is 0 Å². The fourth-order valence-corrected chi connectivity index (χ4v) is 2.89. The van der Waals surface area contributed by atoms with E-state index >= 15 is 0 Å². The largest absolute Gasteiger partial charge is 0.481 e. The molecule has 0 aromatic carbocycles. The van der Waals surface area contributed by atoms with Crippen molar-refractivity contribution >= 4 is 12.0 Å². The Balaban J connectivity index is 2.47. The molecule has 3 N–H and O–H groups in total. The normalized spacial score (nSPS) is 18.9. The maximum atomic E-state index is 11.8. The molecule has 0 radical (unpaired) electrons. The lowest BCUT2D eigenvalue weighted by Crippen LogP contribution is -2.46. The first kappa shape index (κ1) is 16.5. The van der Waals surface area contributed by atoms with Gasteiger partial charge < -0.3 is 15.7 Å². The van der Waals surface area contributed by atoms with Gasteiger partial charge >= 0.3 is 12.0 Å². The second-order valence-electron chi connectivity index (χ2n) is 5.88. The van der Waals surface area contributed by atoms with E-state index in [0.717, 1.165) is 32.1 Å². The van der Waals surface area contributed by atoms with Crippen LogP contribution in [-0.4, -0.2) is 29.7 Å². The molecular weight excluding hydrogens is 256 g/mol. The highest BCUT2D eigenvalue weighted by molar-refractivity contribution is 5.74. The van der Waals surface area contributed by atoms with Crippen molar-refractivity contribution < 1.29 is 14.7 Å². The average Bonchev–Trinajstić information content (AvgIpc) is 2.37. The summed E-state index contributed by atoms with van der Waals surface area (Å²) in [6.07, 6.45) is 7.61. The highest BCUT2D eigenvalue weighted by Gasteiger charge is 2.34. The van der Waals surface area contributed by atoms with Gasteiger partial charge in [0.1, 0.15) is 0 Å². The van der Waals surface area contributed by atoms with Crippen molar-refractivity contribution in [1.29, 1.82) is 0 Å². The lowest BCUT2D eigenvalue weighted by atomic mass is 9.72. The second-order valence-corrected chi connectivity index (χ2v) is 5.88. The Morgan fingerprint density at radius 1 is 1.35 bits per heavy atom. The maximum Gasteiger partial charge on any atom is 0.315 e. The number of hydrogen-bond donors (Lipinski definition) is 3. The van der Waals surface area contributed by atoms with E-state index in [4.69, 9.17) is 5.11 Å². The Morgan fingerprint density at radius 2 is 2.00 bits per heavy atom. The minimum absolute atomic E-state index is 0.0364. The molecule has 0 bridgehead atoms. The number of carboxylic acid groups (broad SMARTS) is 1. The minimum atomic E-state index is -0.783. The molecule has 114 valence electrons. The molecule has 5 heteroatoms.